The molecule has 1 aromatic carbocycles. The van der Waals surface area contributed by atoms with E-state index in [0.717, 1.165) is 16.5 Å². The Morgan fingerprint density at radius 2 is 1.49 bits per heavy atom. The maximum atomic E-state index is 12.9. The van der Waals surface area contributed by atoms with Gasteiger partial charge in [-0.25, -0.2) is 4.79 Å². The number of aromatic amines is 1. The molecule has 2 aromatic rings. The Morgan fingerprint density at radius 3 is 2.10 bits per heavy atom. The molecule has 3 amide bonds. The molecule has 0 bridgehead atoms. The van der Waals surface area contributed by atoms with Crippen molar-refractivity contribution in [3.63, 3.8) is 0 Å². The minimum absolute atomic E-state index is 0.0730. The van der Waals surface area contributed by atoms with Gasteiger partial charge in [-0.2, -0.15) is 0 Å². The Balaban J connectivity index is 1.97. The number of aromatic nitrogens is 1. The lowest BCUT2D eigenvalue weighted by molar-refractivity contribution is -0.142. The number of nitrogens with two attached hydrogens (primary N) is 5. The Bertz CT molecular complexity index is 1250. The number of rotatable bonds is 17. The van der Waals surface area contributed by atoms with Crippen LogP contribution in [0.15, 0.2) is 40.4 Å². The topological polar surface area (TPSA) is 295 Å². The van der Waals surface area contributed by atoms with Gasteiger partial charge in [-0.1, -0.05) is 18.2 Å². The standard InChI is InChI=1S/C25H39N11O5/c26-16(11-14-12-33-17-6-2-1-5-15(14)17)21(38)36-18(7-3-9-31-24(27)28)22(39)34-13-20(37)35-19(23(40)41)8-4-10-32-25(29)30/h1-2,5-6,12,16,18-19,33H,3-4,7-11,13,26H2,(H,34,39)(H,35,37)(H,36,38)(H,40,41)(H4,27,28,31)(H4,29,30,32). The largest absolute Gasteiger partial charge is 0.480 e. The van der Waals surface area contributed by atoms with Crippen LogP contribution < -0.4 is 44.6 Å². The zero-order valence-corrected chi connectivity index (χ0v) is 22.6. The number of carbonyl (C=O) groups is 4. The predicted octanol–water partition coefficient (Wildman–Crippen LogP) is -2.68. The van der Waals surface area contributed by atoms with Crippen LogP contribution in [0, 0.1) is 0 Å². The normalized spacial score (nSPS) is 12.9. The zero-order chi connectivity index (χ0) is 30.4. The van der Waals surface area contributed by atoms with Gasteiger partial charge in [0.25, 0.3) is 0 Å². The molecule has 0 fully saturated rings. The lowest BCUT2D eigenvalue weighted by atomic mass is 10.0. The number of aliphatic imine (C=N–C) groups is 2. The minimum atomic E-state index is -1.25. The van der Waals surface area contributed by atoms with Crippen LogP contribution in [-0.4, -0.2) is 83.5 Å². The van der Waals surface area contributed by atoms with E-state index < -0.39 is 48.4 Å². The van der Waals surface area contributed by atoms with Gasteiger partial charge < -0.3 is 54.7 Å². The number of nitrogens with one attached hydrogen (secondary N) is 4. The van der Waals surface area contributed by atoms with Crippen LogP contribution in [0.25, 0.3) is 10.9 Å². The summed E-state index contributed by atoms with van der Waals surface area (Å²) >= 11 is 0. The van der Waals surface area contributed by atoms with Gasteiger partial charge in [-0.3, -0.25) is 24.4 Å². The van der Waals surface area contributed by atoms with Crippen molar-refractivity contribution < 1.29 is 24.3 Å². The number of para-hydroxylation sites is 1. The number of guanidine groups is 2. The van der Waals surface area contributed by atoms with Gasteiger partial charge in [0.15, 0.2) is 11.9 Å². The Kier molecular flexibility index (Phi) is 12.9. The number of carbonyl (C=O) groups excluding carboxylic acids is 3. The van der Waals surface area contributed by atoms with Crippen molar-refractivity contribution in [3.05, 3.63) is 36.0 Å². The first-order chi connectivity index (χ1) is 19.5. The smallest absolute Gasteiger partial charge is 0.326 e. The Labute approximate surface area is 236 Å². The van der Waals surface area contributed by atoms with E-state index >= 15 is 0 Å². The number of aliphatic carboxylic acids is 1. The van der Waals surface area contributed by atoms with Crippen LogP contribution in [0.1, 0.15) is 31.2 Å². The van der Waals surface area contributed by atoms with Crippen LogP contribution in [0.3, 0.4) is 0 Å². The maximum absolute atomic E-state index is 12.9. The first kappa shape index (κ1) is 32.4. The summed E-state index contributed by atoms with van der Waals surface area (Å²) in [6, 6.07) is 4.38. The van der Waals surface area contributed by atoms with Crippen LogP contribution >= 0.6 is 0 Å². The monoisotopic (exact) mass is 573 g/mol. The average Bonchev–Trinajstić information content (AvgIpc) is 3.32. The second-order valence-electron chi connectivity index (χ2n) is 9.31. The fourth-order valence-electron chi connectivity index (χ4n) is 3.98. The van der Waals surface area contributed by atoms with Crippen LogP contribution in [-0.2, 0) is 25.6 Å². The molecular weight excluding hydrogens is 534 g/mol. The summed E-state index contributed by atoms with van der Waals surface area (Å²) in [6.07, 6.45) is 2.88. The molecule has 16 heteroatoms. The Hall–Kier alpha value is -4.86. The number of carboxylic acids is 1. The van der Waals surface area contributed by atoms with Crippen LogP contribution in [0.5, 0.6) is 0 Å². The summed E-state index contributed by atoms with van der Waals surface area (Å²) < 4.78 is 0. The molecule has 3 unspecified atom stereocenters. The van der Waals surface area contributed by atoms with Gasteiger partial charge >= 0.3 is 5.97 Å². The molecule has 0 saturated carbocycles. The molecule has 3 atom stereocenters. The third-order valence-corrected chi connectivity index (χ3v) is 6.03. The lowest BCUT2D eigenvalue weighted by Crippen LogP contribution is -2.53. The van der Waals surface area contributed by atoms with Crippen molar-refractivity contribution in [1.29, 1.82) is 0 Å². The number of hydrogen-bond acceptors (Lipinski definition) is 7. The molecular formula is C25H39N11O5. The van der Waals surface area contributed by atoms with E-state index in [4.69, 9.17) is 28.7 Å². The zero-order valence-electron chi connectivity index (χ0n) is 22.6. The molecule has 41 heavy (non-hydrogen) atoms. The van der Waals surface area contributed by atoms with E-state index in [1.54, 1.807) is 6.20 Å². The molecule has 0 aliphatic carbocycles. The van der Waals surface area contributed by atoms with Crippen molar-refractivity contribution in [2.45, 2.75) is 50.2 Å². The summed E-state index contributed by atoms with van der Waals surface area (Å²) in [4.78, 5) is 60.5. The highest BCUT2D eigenvalue weighted by Gasteiger charge is 2.25. The summed E-state index contributed by atoms with van der Waals surface area (Å²) in [6.45, 7) is -0.107. The number of amides is 3. The quantitative estimate of drug-likeness (QED) is 0.0531. The van der Waals surface area contributed by atoms with Crippen molar-refractivity contribution in [1.82, 2.24) is 20.9 Å². The second kappa shape index (κ2) is 16.3. The second-order valence-corrected chi connectivity index (χ2v) is 9.31. The summed E-state index contributed by atoms with van der Waals surface area (Å²) in [5.74, 6) is -3.43. The van der Waals surface area contributed by atoms with E-state index in [0.29, 0.717) is 12.8 Å². The van der Waals surface area contributed by atoms with Gasteiger partial charge in [0, 0.05) is 30.2 Å². The highest BCUT2D eigenvalue weighted by molar-refractivity contribution is 5.93. The van der Waals surface area contributed by atoms with Gasteiger partial charge in [-0.05, 0) is 43.7 Å². The van der Waals surface area contributed by atoms with E-state index in [1.165, 1.54) is 0 Å². The Morgan fingerprint density at radius 1 is 0.878 bits per heavy atom. The summed E-state index contributed by atoms with van der Waals surface area (Å²) in [5, 5.41) is 17.7. The number of benzene rings is 1. The molecule has 0 saturated heterocycles. The highest BCUT2D eigenvalue weighted by atomic mass is 16.4. The molecule has 0 radical (unpaired) electrons. The summed E-state index contributed by atoms with van der Waals surface area (Å²) in [5.41, 5.74) is 29.1. The molecule has 1 aromatic heterocycles. The SMILES string of the molecule is NC(N)=NCCCC(NC(=O)CNC(=O)C(CCCN=C(N)N)NC(=O)C(N)Cc1c[nH]c2ccccc12)C(=O)O. The third-order valence-electron chi connectivity index (χ3n) is 6.03. The molecule has 1 heterocycles. The number of H-pyrrole nitrogens is 1. The predicted molar refractivity (Wildman–Crippen MR) is 154 cm³/mol. The van der Waals surface area contributed by atoms with Crippen molar-refractivity contribution in [2.75, 3.05) is 19.6 Å². The van der Waals surface area contributed by atoms with Gasteiger partial charge in [0.05, 0.1) is 12.6 Å². The van der Waals surface area contributed by atoms with Crippen LogP contribution in [0.2, 0.25) is 0 Å². The van der Waals surface area contributed by atoms with Gasteiger partial charge in [0.2, 0.25) is 17.7 Å². The molecule has 224 valence electrons. The van der Waals surface area contributed by atoms with Gasteiger partial charge in [0.1, 0.15) is 12.1 Å². The number of hydrogen-bond donors (Lipinski definition) is 10. The third kappa shape index (κ3) is 11.4. The molecule has 16 nitrogen and oxygen atoms in total. The lowest BCUT2D eigenvalue weighted by Gasteiger charge is -2.21. The molecule has 0 aliphatic heterocycles. The van der Waals surface area contributed by atoms with Crippen molar-refractivity contribution in [2.24, 2.45) is 38.7 Å². The van der Waals surface area contributed by atoms with Crippen molar-refractivity contribution in [3.8, 4) is 0 Å². The highest BCUT2D eigenvalue weighted by Crippen LogP contribution is 2.18. The number of nitrogens with zero attached hydrogens (tertiary/aromatic N) is 2. The first-order valence-electron chi connectivity index (χ1n) is 13.0. The van der Waals surface area contributed by atoms with Crippen LogP contribution in [0.4, 0.5) is 0 Å². The fourth-order valence-corrected chi connectivity index (χ4v) is 3.98. The molecule has 15 N–H and O–H groups in total. The number of fused-ring (bicyclic) bond motifs is 1. The van der Waals surface area contributed by atoms with Gasteiger partial charge in [-0.15, -0.1) is 0 Å². The maximum Gasteiger partial charge on any atom is 0.326 e. The number of carboxylic acid groups (broad SMARTS) is 1. The van der Waals surface area contributed by atoms with Crippen molar-refractivity contribution >= 4 is 46.5 Å². The van der Waals surface area contributed by atoms with E-state index in [9.17, 15) is 24.3 Å². The summed E-state index contributed by atoms with van der Waals surface area (Å²) in [7, 11) is 0. The molecule has 2 rings (SSSR count). The van der Waals surface area contributed by atoms with E-state index in [2.05, 4.69) is 30.9 Å². The molecule has 0 spiro atoms. The fraction of sp³-hybridized carbons (Fsp3) is 0.440. The molecule has 0 aliphatic rings. The minimum Gasteiger partial charge on any atom is -0.480 e. The average molecular weight is 574 g/mol. The first-order valence-corrected chi connectivity index (χ1v) is 13.0. The van der Waals surface area contributed by atoms with E-state index in [-0.39, 0.29) is 44.3 Å². The van der Waals surface area contributed by atoms with E-state index in [1.807, 2.05) is 24.3 Å².